The summed E-state index contributed by atoms with van der Waals surface area (Å²) in [5, 5.41) is 0. The highest BCUT2D eigenvalue weighted by Crippen LogP contribution is 2.50. The zero-order valence-corrected chi connectivity index (χ0v) is 33.4. The second-order valence-electron chi connectivity index (χ2n) is 13.9. The van der Waals surface area contributed by atoms with Gasteiger partial charge in [0.05, 0.1) is 22.7 Å². The maximum absolute atomic E-state index is 2.56. The van der Waals surface area contributed by atoms with Gasteiger partial charge in [-0.3, -0.25) is 0 Å². The minimum atomic E-state index is 0.725. The van der Waals surface area contributed by atoms with Crippen molar-refractivity contribution >= 4 is 69.8 Å². The molecule has 0 amide bonds. The lowest BCUT2D eigenvalue weighted by molar-refractivity contribution is 0.178. The summed E-state index contributed by atoms with van der Waals surface area (Å²) in [6.45, 7) is 4.70. The third-order valence-electron chi connectivity index (χ3n) is 10.9. The second-order valence-corrected chi connectivity index (χ2v) is 17.9. The minimum absolute atomic E-state index is 0.725. The highest BCUT2D eigenvalue weighted by Gasteiger charge is 2.27. The lowest BCUT2D eigenvalue weighted by atomic mass is 9.99. The fourth-order valence-corrected chi connectivity index (χ4v) is 10.9. The van der Waals surface area contributed by atoms with Crippen molar-refractivity contribution in [1.29, 1.82) is 0 Å². The molecular weight excluding hydrogens is 689 g/mol. The summed E-state index contributed by atoms with van der Waals surface area (Å²) in [6.07, 6.45) is 15.0. The van der Waals surface area contributed by atoms with Crippen LogP contribution in [0, 0.1) is 0 Å². The molecule has 4 nitrogen and oxygen atoms in total. The van der Waals surface area contributed by atoms with Crippen molar-refractivity contribution in [2.24, 2.45) is 0 Å². The Labute approximate surface area is 318 Å². The molecule has 4 aromatic rings. The summed E-state index contributed by atoms with van der Waals surface area (Å²) in [5.41, 5.74) is 5.51. The molecule has 0 N–H and O–H groups in total. The van der Waals surface area contributed by atoms with Crippen molar-refractivity contribution in [3.63, 3.8) is 0 Å². The van der Waals surface area contributed by atoms with Crippen LogP contribution >= 0.6 is 47.0 Å². The van der Waals surface area contributed by atoms with Crippen LogP contribution in [0.3, 0.4) is 0 Å². The zero-order valence-electron chi connectivity index (χ0n) is 30.1. The third kappa shape index (κ3) is 8.21. The average Bonchev–Trinajstić information content (AvgIpc) is 3.16. The van der Waals surface area contributed by atoms with Gasteiger partial charge in [-0.2, -0.15) is 0 Å². The molecule has 0 unspecified atom stereocenters. The standard InChI is InChI=1S/2C21H26N2S2/c2*1-22-13-6-5-7-16(22)12-14-23-18-8-3-4-9-20(18)25-21-11-10-17(24-2)15-19(21)23/h2*3-4,8-11,15-16H,5-7,12-14H2,1-2H3/t2*16-/m10/s1. The minimum Gasteiger partial charge on any atom is -0.340 e. The van der Waals surface area contributed by atoms with E-state index in [1.165, 1.54) is 117 Å². The molecular formula is C42H52N4S4. The molecule has 2 fully saturated rings. The fraction of sp³-hybridized carbons (Fsp3) is 0.429. The van der Waals surface area contributed by atoms with Crippen LogP contribution in [0.5, 0.6) is 0 Å². The Hall–Kier alpha value is -2.20. The largest absolute Gasteiger partial charge is 0.340 e. The number of anilines is 4. The molecule has 50 heavy (non-hydrogen) atoms. The molecule has 2 saturated heterocycles. The molecule has 4 aromatic carbocycles. The van der Waals surface area contributed by atoms with E-state index in [0.29, 0.717) is 0 Å². The van der Waals surface area contributed by atoms with Crippen molar-refractivity contribution in [1.82, 2.24) is 9.80 Å². The monoisotopic (exact) mass is 740 g/mol. The third-order valence-corrected chi connectivity index (χ3v) is 14.6. The van der Waals surface area contributed by atoms with Gasteiger partial charge in [0.25, 0.3) is 0 Å². The second kappa shape index (κ2) is 17.1. The summed E-state index contributed by atoms with van der Waals surface area (Å²) in [6, 6.07) is 33.0. The Morgan fingerprint density at radius 1 is 0.540 bits per heavy atom. The van der Waals surface area contributed by atoms with Gasteiger partial charge in [0, 0.05) is 54.5 Å². The van der Waals surface area contributed by atoms with Crippen molar-refractivity contribution in [2.45, 2.75) is 92.8 Å². The van der Waals surface area contributed by atoms with E-state index in [4.69, 9.17) is 0 Å². The van der Waals surface area contributed by atoms with Crippen molar-refractivity contribution in [2.75, 3.05) is 62.6 Å². The van der Waals surface area contributed by atoms with Gasteiger partial charge in [-0.1, -0.05) is 60.6 Å². The maximum Gasteiger partial charge on any atom is 0.0564 e. The van der Waals surface area contributed by atoms with Crippen LogP contribution < -0.4 is 9.80 Å². The predicted octanol–water partition coefficient (Wildman–Crippen LogP) is 11.8. The van der Waals surface area contributed by atoms with Gasteiger partial charge in [0.15, 0.2) is 0 Å². The van der Waals surface area contributed by atoms with Gasteiger partial charge < -0.3 is 19.6 Å². The van der Waals surface area contributed by atoms with Gasteiger partial charge in [-0.25, -0.2) is 0 Å². The Balaban J connectivity index is 0.000000157. The highest BCUT2D eigenvalue weighted by atomic mass is 32.2. The molecule has 0 bridgehead atoms. The van der Waals surface area contributed by atoms with Crippen molar-refractivity contribution in [3.05, 3.63) is 84.9 Å². The number of benzene rings is 4. The summed E-state index contributed by atoms with van der Waals surface area (Å²) in [4.78, 5) is 18.5. The van der Waals surface area contributed by atoms with E-state index >= 15 is 0 Å². The number of hydrogen-bond acceptors (Lipinski definition) is 8. The molecule has 4 aliphatic rings. The molecule has 4 aliphatic heterocycles. The molecule has 0 aliphatic carbocycles. The molecule has 8 heteroatoms. The molecule has 8 rings (SSSR count). The lowest BCUT2D eigenvalue weighted by Crippen LogP contribution is -2.38. The topological polar surface area (TPSA) is 13.0 Å². The first-order chi connectivity index (χ1) is 24.5. The summed E-state index contributed by atoms with van der Waals surface area (Å²) in [7, 11) is 4.59. The number of likely N-dealkylation sites (tertiary alicyclic amines) is 2. The van der Waals surface area contributed by atoms with Crippen LogP contribution in [0.1, 0.15) is 51.4 Å². The fourth-order valence-electron chi connectivity index (χ4n) is 7.93. The Morgan fingerprint density at radius 3 is 1.38 bits per heavy atom. The molecule has 0 saturated carbocycles. The molecule has 4 heterocycles. The first-order valence-corrected chi connectivity index (χ1v) is 22.5. The van der Waals surface area contributed by atoms with Gasteiger partial charge in [-0.05, 0) is 139 Å². The number of hydrogen-bond donors (Lipinski definition) is 0. The first kappa shape index (κ1) is 36.2. The van der Waals surface area contributed by atoms with Crippen LogP contribution in [0.2, 0.25) is 0 Å². The number of piperidine rings is 2. The van der Waals surface area contributed by atoms with Crippen LogP contribution in [-0.4, -0.2) is 74.7 Å². The Morgan fingerprint density at radius 2 is 0.960 bits per heavy atom. The van der Waals surface area contributed by atoms with Crippen LogP contribution in [0.15, 0.2) is 114 Å². The van der Waals surface area contributed by atoms with E-state index in [1.54, 1.807) is 0 Å². The average molecular weight is 741 g/mol. The quantitative estimate of drug-likeness (QED) is 0.164. The van der Waals surface area contributed by atoms with E-state index in [-0.39, 0.29) is 0 Å². The number of para-hydroxylation sites is 2. The maximum atomic E-state index is 2.56. The molecule has 0 radical (unpaired) electrons. The van der Waals surface area contributed by atoms with Crippen molar-refractivity contribution < 1.29 is 0 Å². The van der Waals surface area contributed by atoms with Gasteiger partial charge in [-0.15, -0.1) is 23.5 Å². The van der Waals surface area contributed by atoms with E-state index < -0.39 is 0 Å². The van der Waals surface area contributed by atoms with E-state index in [0.717, 1.165) is 25.2 Å². The van der Waals surface area contributed by atoms with Crippen molar-refractivity contribution in [3.8, 4) is 0 Å². The zero-order chi connectivity index (χ0) is 34.5. The lowest BCUT2D eigenvalue weighted by Gasteiger charge is -2.37. The molecule has 0 spiro atoms. The van der Waals surface area contributed by atoms with Crippen LogP contribution in [-0.2, 0) is 0 Å². The number of rotatable bonds is 8. The van der Waals surface area contributed by atoms with Gasteiger partial charge >= 0.3 is 0 Å². The van der Waals surface area contributed by atoms with Crippen LogP contribution in [0.4, 0.5) is 22.7 Å². The number of fused-ring (bicyclic) bond motifs is 4. The molecule has 264 valence electrons. The summed E-state index contributed by atoms with van der Waals surface area (Å²) in [5.74, 6) is 0. The predicted molar refractivity (Wildman–Crippen MR) is 221 cm³/mol. The first-order valence-electron chi connectivity index (χ1n) is 18.4. The van der Waals surface area contributed by atoms with Crippen LogP contribution in [0.25, 0.3) is 0 Å². The van der Waals surface area contributed by atoms with E-state index in [1.807, 2.05) is 47.0 Å². The highest BCUT2D eigenvalue weighted by molar-refractivity contribution is 8.00. The Bertz CT molecular complexity index is 1620. The number of thioether (sulfide) groups is 2. The Kier molecular flexibility index (Phi) is 12.4. The van der Waals surface area contributed by atoms with Gasteiger partial charge in [0.1, 0.15) is 0 Å². The summed E-state index contributed by atoms with van der Waals surface area (Å²) < 4.78 is 0. The summed E-state index contributed by atoms with van der Waals surface area (Å²) >= 11 is 7.47. The number of nitrogens with zero attached hydrogens (tertiary/aromatic N) is 4. The van der Waals surface area contributed by atoms with E-state index in [2.05, 4.69) is 131 Å². The normalized spacial score (nSPS) is 20.2. The molecule has 0 aromatic heterocycles. The smallest absolute Gasteiger partial charge is 0.0564 e. The molecule has 2 atom stereocenters. The SMILES string of the molecule is CSc1ccc2c(c1)N(CC[C@@H]1CCCCN1C)c1ccccc1S2.CSc1ccc2c(c1)N(CC[C@H]1CCCCN1C)c1ccccc1S2. The van der Waals surface area contributed by atoms with Gasteiger partial charge in [0.2, 0.25) is 0 Å². The van der Waals surface area contributed by atoms with E-state index in [9.17, 15) is 0 Å².